The van der Waals surface area contributed by atoms with E-state index < -0.39 is 0 Å². The van der Waals surface area contributed by atoms with Crippen LogP contribution in [-0.4, -0.2) is 19.8 Å². The molecule has 1 aliphatic heterocycles. The fourth-order valence-electron chi connectivity index (χ4n) is 2.36. The lowest BCUT2D eigenvalue weighted by molar-refractivity contribution is 0.297. The predicted octanol–water partition coefficient (Wildman–Crippen LogP) is 3.30. The summed E-state index contributed by atoms with van der Waals surface area (Å²) in [5.41, 5.74) is 1.81. The number of hydrogen-bond donors (Lipinski definition) is 1. The Hall–Kier alpha value is -1.22. The van der Waals surface area contributed by atoms with E-state index in [9.17, 15) is 0 Å². The van der Waals surface area contributed by atoms with Crippen LogP contribution in [0.3, 0.4) is 0 Å². The lowest BCUT2D eigenvalue weighted by Gasteiger charge is -2.18. The highest BCUT2D eigenvalue weighted by atomic mass is 16.5. The first-order valence-corrected chi connectivity index (χ1v) is 7.29. The molecule has 19 heavy (non-hydrogen) atoms. The van der Waals surface area contributed by atoms with E-state index in [1.807, 2.05) is 6.07 Å². The van der Waals surface area contributed by atoms with E-state index >= 15 is 0 Å². The molecule has 104 valence electrons. The highest BCUT2D eigenvalue weighted by Crippen LogP contribution is 2.44. The minimum Gasteiger partial charge on any atom is -0.490 e. The smallest absolute Gasteiger partial charge is 0.161 e. The van der Waals surface area contributed by atoms with E-state index in [4.69, 9.17) is 9.47 Å². The first-order chi connectivity index (χ1) is 9.16. The molecule has 0 radical (unpaired) electrons. The molecule has 0 amide bonds. The van der Waals surface area contributed by atoms with Crippen molar-refractivity contribution in [2.75, 3.05) is 19.8 Å². The monoisotopic (exact) mass is 261 g/mol. The number of benzene rings is 1. The Morgan fingerprint density at radius 1 is 1.21 bits per heavy atom. The van der Waals surface area contributed by atoms with Gasteiger partial charge in [0.15, 0.2) is 11.5 Å². The topological polar surface area (TPSA) is 30.5 Å². The van der Waals surface area contributed by atoms with Gasteiger partial charge in [-0.1, -0.05) is 13.0 Å². The number of ether oxygens (including phenoxy) is 2. The highest BCUT2D eigenvalue weighted by Gasteiger charge is 2.36. The number of rotatable bonds is 4. The van der Waals surface area contributed by atoms with Crippen molar-refractivity contribution in [3.8, 4) is 11.5 Å². The normalized spacial score (nSPS) is 21.6. The lowest BCUT2D eigenvalue weighted by Crippen LogP contribution is -2.25. The number of hydrogen-bond acceptors (Lipinski definition) is 3. The molecule has 3 heteroatoms. The molecule has 3 nitrogen and oxygen atoms in total. The van der Waals surface area contributed by atoms with E-state index in [-0.39, 0.29) is 0 Å². The SMILES string of the molecule is CC(NCC1(C)CC1)c1ccc2c(c1)OCCCO2. The maximum absolute atomic E-state index is 5.74. The second-order valence-electron chi connectivity index (χ2n) is 6.17. The average Bonchev–Trinajstić information content (AvgIpc) is 3.18. The van der Waals surface area contributed by atoms with Crippen molar-refractivity contribution in [3.63, 3.8) is 0 Å². The third-order valence-corrected chi connectivity index (χ3v) is 4.21. The van der Waals surface area contributed by atoms with Crippen LogP contribution in [-0.2, 0) is 0 Å². The maximum atomic E-state index is 5.74. The van der Waals surface area contributed by atoms with Gasteiger partial charge in [-0.25, -0.2) is 0 Å². The molecule has 3 rings (SSSR count). The minimum atomic E-state index is 0.356. The van der Waals surface area contributed by atoms with Crippen molar-refractivity contribution in [1.29, 1.82) is 0 Å². The Bertz CT molecular complexity index is 454. The molecule has 1 N–H and O–H groups in total. The van der Waals surface area contributed by atoms with E-state index in [2.05, 4.69) is 31.3 Å². The van der Waals surface area contributed by atoms with Crippen LogP contribution in [0.5, 0.6) is 11.5 Å². The molecule has 1 aromatic carbocycles. The lowest BCUT2D eigenvalue weighted by atomic mass is 10.1. The number of fused-ring (bicyclic) bond motifs is 1. The Morgan fingerprint density at radius 2 is 1.95 bits per heavy atom. The summed E-state index contributed by atoms with van der Waals surface area (Å²) in [6.45, 7) is 7.16. The van der Waals surface area contributed by atoms with Crippen molar-refractivity contribution in [2.24, 2.45) is 5.41 Å². The second-order valence-corrected chi connectivity index (χ2v) is 6.17. The molecule has 0 bridgehead atoms. The van der Waals surface area contributed by atoms with Crippen molar-refractivity contribution in [3.05, 3.63) is 23.8 Å². The molecule has 0 saturated heterocycles. The zero-order valence-corrected chi connectivity index (χ0v) is 11.9. The second kappa shape index (κ2) is 5.04. The zero-order chi connectivity index (χ0) is 13.3. The average molecular weight is 261 g/mol. The molecule has 1 atom stereocenters. The molecule has 0 spiro atoms. The van der Waals surface area contributed by atoms with Crippen LogP contribution in [0.25, 0.3) is 0 Å². The molecule has 1 heterocycles. The maximum Gasteiger partial charge on any atom is 0.161 e. The van der Waals surface area contributed by atoms with Crippen molar-refractivity contribution < 1.29 is 9.47 Å². The summed E-state index contributed by atoms with van der Waals surface area (Å²) in [7, 11) is 0. The third-order valence-electron chi connectivity index (χ3n) is 4.21. The van der Waals surface area contributed by atoms with Crippen LogP contribution in [0.2, 0.25) is 0 Å². The highest BCUT2D eigenvalue weighted by molar-refractivity contribution is 5.44. The van der Waals surface area contributed by atoms with Gasteiger partial charge in [0.05, 0.1) is 13.2 Å². The van der Waals surface area contributed by atoms with Gasteiger partial charge >= 0.3 is 0 Å². The summed E-state index contributed by atoms with van der Waals surface area (Å²) < 4.78 is 11.4. The van der Waals surface area contributed by atoms with Crippen molar-refractivity contribution >= 4 is 0 Å². The van der Waals surface area contributed by atoms with Crippen LogP contribution in [0.15, 0.2) is 18.2 Å². The fraction of sp³-hybridized carbons (Fsp3) is 0.625. The van der Waals surface area contributed by atoms with Crippen LogP contribution in [0, 0.1) is 5.41 Å². The molecule has 0 aromatic heterocycles. The summed E-state index contributed by atoms with van der Waals surface area (Å²) in [5, 5.41) is 3.63. The van der Waals surface area contributed by atoms with E-state index in [0.717, 1.165) is 37.7 Å². The van der Waals surface area contributed by atoms with Crippen molar-refractivity contribution in [1.82, 2.24) is 5.32 Å². The van der Waals surface area contributed by atoms with Gasteiger partial charge in [0, 0.05) is 19.0 Å². The number of nitrogens with one attached hydrogen (secondary N) is 1. The Balaban J connectivity index is 1.68. The van der Waals surface area contributed by atoms with Crippen LogP contribution >= 0.6 is 0 Å². The Morgan fingerprint density at radius 3 is 2.68 bits per heavy atom. The van der Waals surface area contributed by atoms with Gasteiger partial charge < -0.3 is 14.8 Å². The standard InChI is InChI=1S/C16H23NO2/c1-12(17-11-16(2)6-7-16)13-4-5-14-15(10-13)19-9-3-8-18-14/h4-5,10,12,17H,3,6-9,11H2,1-2H3. The summed E-state index contributed by atoms with van der Waals surface area (Å²) in [4.78, 5) is 0. The minimum absolute atomic E-state index is 0.356. The Labute approximate surface area is 115 Å². The largest absolute Gasteiger partial charge is 0.490 e. The van der Waals surface area contributed by atoms with Gasteiger partial charge in [0.2, 0.25) is 0 Å². The molecule has 1 aromatic rings. The zero-order valence-electron chi connectivity index (χ0n) is 11.9. The molecule has 2 aliphatic rings. The molecule has 1 saturated carbocycles. The van der Waals surface area contributed by atoms with E-state index in [0.29, 0.717) is 11.5 Å². The van der Waals surface area contributed by atoms with Crippen LogP contribution in [0.4, 0.5) is 0 Å². The fourth-order valence-corrected chi connectivity index (χ4v) is 2.36. The van der Waals surface area contributed by atoms with Crippen LogP contribution in [0.1, 0.15) is 44.7 Å². The van der Waals surface area contributed by atoms with Gasteiger partial charge in [0.25, 0.3) is 0 Å². The first kappa shape index (κ1) is 12.8. The molecule has 1 fully saturated rings. The van der Waals surface area contributed by atoms with Crippen molar-refractivity contribution in [2.45, 2.75) is 39.2 Å². The third kappa shape index (κ3) is 3.03. The summed E-state index contributed by atoms with van der Waals surface area (Å²) in [6, 6.07) is 6.65. The Kier molecular flexibility index (Phi) is 3.40. The summed E-state index contributed by atoms with van der Waals surface area (Å²) in [5.74, 6) is 1.77. The first-order valence-electron chi connectivity index (χ1n) is 7.29. The van der Waals surface area contributed by atoms with Gasteiger partial charge in [0.1, 0.15) is 0 Å². The summed E-state index contributed by atoms with van der Waals surface area (Å²) in [6.07, 6.45) is 3.66. The molecular formula is C16H23NO2. The van der Waals surface area contributed by atoms with Gasteiger partial charge in [-0.15, -0.1) is 0 Å². The quantitative estimate of drug-likeness (QED) is 0.902. The predicted molar refractivity (Wildman–Crippen MR) is 75.8 cm³/mol. The van der Waals surface area contributed by atoms with E-state index in [1.54, 1.807) is 0 Å². The molecule has 1 aliphatic carbocycles. The molecule has 1 unspecified atom stereocenters. The van der Waals surface area contributed by atoms with Gasteiger partial charge in [-0.05, 0) is 42.9 Å². The summed E-state index contributed by atoms with van der Waals surface area (Å²) >= 11 is 0. The van der Waals surface area contributed by atoms with Gasteiger partial charge in [-0.2, -0.15) is 0 Å². The van der Waals surface area contributed by atoms with Gasteiger partial charge in [-0.3, -0.25) is 0 Å². The molecular weight excluding hydrogens is 238 g/mol. The van der Waals surface area contributed by atoms with Crippen LogP contribution < -0.4 is 14.8 Å². The van der Waals surface area contributed by atoms with E-state index in [1.165, 1.54) is 18.4 Å².